The van der Waals surface area contributed by atoms with Gasteiger partial charge in [0.05, 0.1) is 0 Å². The number of ether oxygens (including phenoxy) is 1. The smallest absolute Gasteiger partial charge is 0.352 e. The number of benzene rings is 1. The van der Waals surface area contributed by atoms with E-state index < -0.39 is 29.2 Å². The highest BCUT2D eigenvalue weighted by molar-refractivity contribution is 8.00. The third kappa shape index (κ3) is 3.24. The standard InChI is InChI=1S/C16H14N2O5S2/c1-8-7-25-14-10(13(20)18(14)11(8)15(21)22)17-12(19)16(24)23-9-5-3-2-4-6-9/h2-6,10,14H,7H2,1H3,(H,17,19)(H,21,22)/t10?,14-/m0/s1. The average molecular weight is 378 g/mol. The third-order valence-corrected chi connectivity index (χ3v) is 5.48. The highest BCUT2D eigenvalue weighted by atomic mass is 32.2. The molecule has 9 heteroatoms. The number of fused-ring (bicyclic) bond motifs is 1. The van der Waals surface area contributed by atoms with Crippen LogP contribution in [0.4, 0.5) is 0 Å². The summed E-state index contributed by atoms with van der Waals surface area (Å²) >= 11 is 6.35. The van der Waals surface area contributed by atoms with Crippen molar-refractivity contribution in [1.29, 1.82) is 0 Å². The number of thiocarbonyl (C=S) groups is 1. The van der Waals surface area contributed by atoms with Crippen molar-refractivity contribution in [2.24, 2.45) is 0 Å². The molecule has 130 valence electrons. The van der Waals surface area contributed by atoms with Crippen LogP contribution in [0.1, 0.15) is 6.92 Å². The molecule has 1 saturated heterocycles. The monoisotopic (exact) mass is 378 g/mol. The minimum Gasteiger partial charge on any atom is -0.477 e. The van der Waals surface area contributed by atoms with Crippen molar-refractivity contribution in [3.63, 3.8) is 0 Å². The van der Waals surface area contributed by atoms with E-state index in [0.29, 0.717) is 17.1 Å². The van der Waals surface area contributed by atoms with Crippen LogP contribution >= 0.6 is 24.0 Å². The van der Waals surface area contributed by atoms with Crippen molar-refractivity contribution >= 4 is 46.8 Å². The van der Waals surface area contributed by atoms with Crippen LogP contribution in [0.25, 0.3) is 0 Å². The zero-order chi connectivity index (χ0) is 18.1. The fourth-order valence-electron chi connectivity index (χ4n) is 2.62. The molecule has 0 spiro atoms. The molecule has 2 aliphatic rings. The Kier molecular flexibility index (Phi) is 4.78. The molecular weight excluding hydrogens is 364 g/mol. The normalized spacial score (nSPS) is 22.0. The number of amides is 2. The maximum Gasteiger partial charge on any atom is 0.352 e. The molecule has 2 heterocycles. The molecule has 1 aromatic carbocycles. The van der Waals surface area contributed by atoms with Crippen molar-refractivity contribution in [3.8, 4) is 5.75 Å². The van der Waals surface area contributed by atoms with Crippen LogP contribution in [0.5, 0.6) is 5.75 Å². The molecule has 3 rings (SSSR count). The molecule has 0 radical (unpaired) electrons. The number of β-lactam (4-membered cyclic amide) rings is 1. The van der Waals surface area contributed by atoms with Gasteiger partial charge in [-0.25, -0.2) is 4.79 Å². The minimum absolute atomic E-state index is 0.0117. The van der Waals surface area contributed by atoms with Gasteiger partial charge in [0.1, 0.15) is 22.9 Å². The van der Waals surface area contributed by atoms with Gasteiger partial charge in [-0.2, -0.15) is 0 Å². The van der Waals surface area contributed by atoms with Crippen LogP contribution in [0.3, 0.4) is 0 Å². The van der Waals surface area contributed by atoms with Gasteiger partial charge in [0.2, 0.25) is 0 Å². The average Bonchev–Trinajstić information content (AvgIpc) is 2.59. The van der Waals surface area contributed by atoms with Gasteiger partial charge in [0.15, 0.2) is 0 Å². The maximum absolute atomic E-state index is 12.3. The second kappa shape index (κ2) is 6.85. The summed E-state index contributed by atoms with van der Waals surface area (Å²) in [7, 11) is 0. The van der Waals surface area contributed by atoms with Crippen LogP contribution in [0.15, 0.2) is 41.6 Å². The molecule has 2 amide bonds. The number of nitrogens with zero attached hydrogens (tertiary/aromatic N) is 1. The summed E-state index contributed by atoms with van der Waals surface area (Å²) < 4.78 is 5.28. The summed E-state index contributed by atoms with van der Waals surface area (Å²) in [6.07, 6.45) is 0. The molecule has 0 aliphatic carbocycles. The first-order chi connectivity index (χ1) is 11.9. The fourth-order valence-corrected chi connectivity index (χ4v) is 4.07. The topological polar surface area (TPSA) is 95.9 Å². The van der Waals surface area contributed by atoms with Gasteiger partial charge in [0, 0.05) is 5.75 Å². The van der Waals surface area contributed by atoms with Crippen LogP contribution in [0, 0.1) is 0 Å². The lowest BCUT2D eigenvalue weighted by atomic mass is 10.0. The Bertz CT molecular complexity index is 793. The Hall–Kier alpha value is -2.39. The Balaban J connectivity index is 1.65. The zero-order valence-electron chi connectivity index (χ0n) is 13.1. The number of carboxylic acid groups (broad SMARTS) is 1. The molecule has 2 atom stereocenters. The molecule has 0 bridgehead atoms. The van der Waals surface area contributed by atoms with Gasteiger partial charge in [0.25, 0.3) is 16.9 Å². The zero-order valence-corrected chi connectivity index (χ0v) is 14.7. The largest absolute Gasteiger partial charge is 0.477 e. The molecule has 1 unspecified atom stereocenters. The first-order valence-electron chi connectivity index (χ1n) is 7.35. The summed E-state index contributed by atoms with van der Waals surface area (Å²) in [5, 5.41) is 11.1. The van der Waals surface area contributed by atoms with E-state index in [0.717, 1.165) is 0 Å². The van der Waals surface area contributed by atoms with Gasteiger partial charge in [-0.05, 0) is 36.8 Å². The highest BCUT2D eigenvalue weighted by Gasteiger charge is 2.53. The number of carbonyl (C=O) groups excluding carboxylic acids is 2. The Morgan fingerprint density at radius 3 is 2.68 bits per heavy atom. The molecule has 2 aliphatic heterocycles. The first kappa shape index (κ1) is 17.4. The quantitative estimate of drug-likeness (QED) is 0.602. The van der Waals surface area contributed by atoms with Gasteiger partial charge >= 0.3 is 5.97 Å². The summed E-state index contributed by atoms with van der Waals surface area (Å²) in [4.78, 5) is 37.0. The van der Waals surface area contributed by atoms with Crippen LogP contribution < -0.4 is 10.1 Å². The third-order valence-electron chi connectivity index (χ3n) is 3.79. The Morgan fingerprint density at radius 2 is 2.04 bits per heavy atom. The van der Waals surface area contributed by atoms with Crippen molar-refractivity contribution in [3.05, 3.63) is 41.6 Å². The molecule has 25 heavy (non-hydrogen) atoms. The number of aliphatic carboxylic acids is 1. The fraction of sp³-hybridized carbons (Fsp3) is 0.250. The molecule has 7 nitrogen and oxygen atoms in total. The number of thioether (sulfide) groups is 1. The molecule has 0 saturated carbocycles. The van der Waals surface area contributed by atoms with E-state index in [1.165, 1.54) is 16.7 Å². The number of rotatable bonds is 3. The van der Waals surface area contributed by atoms with E-state index in [9.17, 15) is 19.5 Å². The van der Waals surface area contributed by atoms with Crippen LogP contribution in [-0.2, 0) is 14.4 Å². The van der Waals surface area contributed by atoms with E-state index in [4.69, 9.17) is 17.0 Å². The maximum atomic E-state index is 12.3. The highest BCUT2D eigenvalue weighted by Crippen LogP contribution is 2.40. The summed E-state index contributed by atoms with van der Waals surface area (Å²) in [5.41, 5.74) is 0.608. The van der Waals surface area contributed by atoms with Crippen molar-refractivity contribution < 1.29 is 24.2 Å². The number of hydrogen-bond donors (Lipinski definition) is 2. The molecular formula is C16H14N2O5S2. The first-order valence-corrected chi connectivity index (χ1v) is 8.81. The van der Waals surface area contributed by atoms with Crippen molar-refractivity contribution in [2.75, 3.05) is 5.75 Å². The number of carboxylic acids is 1. The summed E-state index contributed by atoms with van der Waals surface area (Å²) in [6, 6.07) is 7.76. The predicted molar refractivity (Wildman–Crippen MR) is 95.0 cm³/mol. The van der Waals surface area contributed by atoms with Gasteiger partial charge in [-0.15, -0.1) is 11.8 Å². The van der Waals surface area contributed by atoms with E-state index in [-0.39, 0.29) is 10.7 Å². The second-order valence-electron chi connectivity index (χ2n) is 5.50. The molecule has 2 N–H and O–H groups in total. The summed E-state index contributed by atoms with van der Waals surface area (Å²) in [5.74, 6) is -1.40. The molecule has 1 aromatic rings. The lowest BCUT2D eigenvalue weighted by Crippen LogP contribution is -2.71. The number of hydrogen-bond acceptors (Lipinski definition) is 6. The van der Waals surface area contributed by atoms with E-state index >= 15 is 0 Å². The number of nitrogens with one attached hydrogen (secondary N) is 1. The molecule has 0 aromatic heterocycles. The summed E-state index contributed by atoms with van der Waals surface area (Å²) in [6.45, 7) is 1.68. The van der Waals surface area contributed by atoms with Crippen molar-refractivity contribution in [2.45, 2.75) is 18.3 Å². The van der Waals surface area contributed by atoms with E-state index in [1.807, 2.05) is 0 Å². The lowest BCUT2D eigenvalue weighted by molar-refractivity contribution is -0.150. The second-order valence-corrected chi connectivity index (χ2v) is 6.97. The van der Waals surface area contributed by atoms with Crippen LogP contribution in [-0.4, -0.2) is 50.0 Å². The minimum atomic E-state index is -1.15. The van der Waals surface area contributed by atoms with Gasteiger partial charge in [-0.3, -0.25) is 14.5 Å². The number of carbonyl (C=O) groups is 3. The number of para-hydroxylation sites is 1. The Morgan fingerprint density at radius 1 is 1.36 bits per heavy atom. The predicted octanol–water partition coefficient (Wildman–Crippen LogP) is 1.15. The van der Waals surface area contributed by atoms with E-state index in [2.05, 4.69) is 5.32 Å². The van der Waals surface area contributed by atoms with Crippen LogP contribution in [0.2, 0.25) is 0 Å². The van der Waals surface area contributed by atoms with E-state index in [1.54, 1.807) is 37.3 Å². The Labute approximate surface area is 153 Å². The van der Waals surface area contributed by atoms with Crippen molar-refractivity contribution in [1.82, 2.24) is 10.2 Å². The molecule has 1 fully saturated rings. The van der Waals surface area contributed by atoms with Gasteiger partial charge < -0.3 is 15.2 Å². The van der Waals surface area contributed by atoms with Gasteiger partial charge in [-0.1, -0.05) is 18.2 Å². The SMILES string of the molecule is CC1=C(C(=O)O)N2C(=O)C(NC(=O)C(=S)Oc3ccccc3)[C@@H]2SC1. The lowest BCUT2D eigenvalue weighted by Gasteiger charge is -2.49.